The highest BCUT2D eigenvalue weighted by Crippen LogP contribution is 2.31. The maximum Gasteiger partial charge on any atom is -0.00879 e. The molecule has 0 aliphatic heterocycles. The first-order valence-electron chi connectivity index (χ1n) is 6.86. The normalized spacial score (nSPS) is 11.7. The summed E-state index contributed by atoms with van der Waals surface area (Å²) < 4.78 is 0. The third-order valence-corrected chi connectivity index (χ3v) is 3.43. The molecule has 0 atom stereocenters. The van der Waals surface area contributed by atoms with Gasteiger partial charge in [0.1, 0.15) is 0 Å². The molecule has 0 heterocycles. The van der Waals surface area contributed by atoms with Crippen LogP contribution < -0.4 is 0 Å². The van der Waals surface area contributed by atoms with E-state index in [9.17, 15) is 0 Å². The zero-order valence-corrected chi connectivity index (χ0v) is 12.0. The number of hydrogen-bond acceptors (Lipinski definition) is 0. The van der Waals surface area contributed by atoms with Crippen molar-refractivity contribution >= 4 is 11.1 Å². The molecule has 20 heavy (non-hydrogen) atoms. The number of allylic oxidation sites excluding steroid dienone is 4. The van der Waals surface area contributed by atoms with Crippen LogP contribution in [0.4, 0.5) is 0 Å². The highest BCUT2D eigenvalue weighted by Gasteiger charge is 2.09. The van der Waals surface area contributed by atoms with Crippen molar-refractivity contribution in [1.82, 2.24) is 0 Å². The van der Waals surface area contributed by atoms with Crippen LogP contribution in [0.3, 0.4) is 0 Å². The molecule has 0 bridgehead atoms. The smallest absolute Gasteiger partial charge is 0.00879 e. The third-order valence-electron chi connectivity index (χ3n) is 3.43. The molecule has 0 heteroatoms. The van der Waals surface area contributed by atoms with E-state index in [0.717, 1.165) is 6.42 Å². The molecule has 0 saturated heterocycles. The Bertz CT molecular complexity index is 630. The fourth-order valence-electron chi connectivity index (χ4n) is 2.45. The number of benzene rings is 2. The molecule has 0 amide bonds. The lowest BCUT2D eigenvalue weighted by atomic mass is 9.90. The quantitative estimate of drug-likeness (QED) is 0.369. The predicted octanol–water partition coefficient (Wildman–Crippen LogP) is 5.67. The Morgan fingerprint density at radius 1 is 0.950 bits per heavy atom. The Hall–Kier alpha value is -2.34. The summed E-state index contributed by atoms with van der Waals surface area (Å²) in [6.07, 6.45) is 4.73. The first-order chi connectivity index (χ1) is 9.77. The number of aryl methyl sites for hydroxylation is 1. The van der Waals surface area contributed by atoms with Gasteiger partial charge in [0.05, 0.1) is 0 Å². The highest BCUT2D eigenvalue weighted by molar-refractivity contribution is 5.96. The minimum atomic E-state index is 0.834. The topological polar surface area (TPSA) is 0 Å². The highest BCUT2D eigenvalue weighted by atomic mass is 14.1. The summed E-state index contributed by atoms with van der Waals surface area (Å²) in [5, 5.41) is 0. The van der Waals surface area contributed by atoms with Gasteiger partial charge >= 0.3 is 0 Å². The first-order valence-corrected chi connectivity index (χ1v) is 6.86. The minimum Gasteiger partial charge on any atom is -0.103 e. The largest absolute Gasteiger partial charge is 0.103 e. The molecule has 2 rings (SSSR count). The average Bonchev–Trinajstić information content (AvgIpc) is 2.49. The van der Waals surface area contributed by atoms with E-state index in [1.165, 1.54) is 27.8 Å². The van der Waals surface area contributed by atoms with Crippen LogP contribution >= 0.6 is 0 Å². The average molecular weight is 260 g/mol. The van der Waals surface area contributed by atoms with E-state index < -0.39 is 0 Å². The van der Waals surface area contributed by atoms with Crippen molar-refractivity contribution in [3.05, 3.63) is 96.6 Å². The molecular formula is C20H20. The third kappa shape index (κ3) is 2.97. The predicted molar refractivity (Wildman–Crippen MR) is 89.4 cm³/mol. The maximum atomic E-state index is 4.00. The lowest BCUT2D eigenvalue weighted by Gasteiger charge is -2.14. The van der Waals surface area contributed by atoms with Crippen LogP contribution in [0.25, 0.3) is 11.1 Å². The van der Waals surface area contributed by atoms with Crippen LogP contribution in [0.2, 0.25) is 0 Å². The summed E-state index contributed by atoms with van der Waals surface area (Å²) in [5.41, 5.74) is 6.20. The molecule has 0 nitrogen and oxygen atoms in total. The second-order valence-electron chi connectivity index (χ2n) is 4.77. The van der Waals surface area contributed by atoms with Crippen LogP contribution in [0, 0.1) is 6.92 Å². The van der Waals surface area contributed by atoms with Gasteiger partial charge in [-0.15, -0.1) is 6.58 Å². The Labute approximate surface area is 121 Å². The number of hydrogen-bond donors (Lipinski definition) is 0. The van der Waals surface area contributed by atoms with Crippen molar-refractivity contribution in [3.8, 4) is 0 Å². The van der Waals surface area contributed by atoms with Crippen LogP contribution in [0.5, 0.6) is 0 Å². The summed E-state index contributed by atoms with van der Waals surface area (Å²) in [6.45, 7) is 10.0. The summed E-state index contributed by atoms with van der Waals surface area (Å²) in [5.74, 6) is 0. The monoisotopic (exact) mass is 260 g/mol. The van der Waals surface area contributed by atoms with E-state index in [0.29, 0.717) is 0 Å². The fourth-order valence-corrected chi connectivity index (χ4v) is 2.45. The fraction of sp³-hybridized carbons (Fsp3) is 0.100. The second-order valence-corrected chi connectivity index (χ2v) is 4.77. The van der Waals surface area contributed by atoms with E-state index in [1.807, 2.05) is 18.2 Å². The van der Waals surface area contributed by atoms with Gasteiger partial charge in [-0.3, -0.25) is 0 Å². The van der Waals surface area contributed by atoms with Crippen molar-refractivity contribution in [3.63, 3.8) is 0 Å². The van der Waals surface area contributed by atoms with Gasteiger partial charge in [-0.2, -0.15) is 0 Å². The van der Waals surface area contributed by atoms with E-state index in [4.69, 9.17) is 0 Å². The maximum absolute atomic E-state index is 4.00. The SMILES string of the molecule is C=CC/C(=C(\C=C)c1ccccc1)c1ccccc1C. The van der Waals surface area contributed by atoms with Crippen molar-refractivity contribution in [2.24, 2.45) is 0 Å². The zero-order valence-electron chi connectivity index (χ0n) is 12.0. The van der Waals surface area contributed by atoms with E-state index in [2.05, 4.69) is 68.6 Å². The van der Waals surface area contributed by atoms with Gasteiger partial charge in [-0.1, -0.05) is 73.3 Å². The minimum absolute atomic E-state index is 0.834. The van der Waals surface area contributed by atoms with Gasteiger partial charge < -0.3 is 0 Å². The molecule has 2 aromatic carbocycles. The Morgan fingerprint density at radius 3 is 2.20 bits per heavy atom. The van der Waals surface area contributed by atoms with Gasteiger partial charge in [0.25, 0.3) is 0 Å². The van der Waals surface area contributed by atoms with E-state index in [-0.39, 0.29) is 0 Å². The standard InChI is InChI=1S/C20H20/c1-4-11-20(19-15-10-9-12-16(19)3)18(5-2)17-13-7-6-8-14-17/h4-10,12-15H,1-2,11H2,3H3/b20-18-. The van der Waals surface area contributed by atoms with E-state index >= 15 is 0 Å². The van der Waals surface area contributed by atoms with Crippen LogP contribution in [-0.2, 0) is 0 Å². The summed E-state index contributed by atoms with van der Waals surface area (Å²) in [4.78, 5) is 0. The molecule has 0 unspecified atom stereocenters. The molecule has 2 aromatic rings. The van der Waals surface area contributed by atoms with Crippen LogP contribution in [0.15, 0.2) is 79.9 Å². The lowest BCUT2D eigenvalue weighted by molar-refractivity contribution is 1.34. The molecule has 0 aliphatic carbocycles. The molecule has 0 aliphatic rings. The van der Waals surface area contributed by atoms with Gasteiger partial charge in [0.15, 0.2) is 0 Å². The lowest BCUT2D eigenvalue weighted by Crippen LogP contribution is -1.93. The molecule has 0 spiro atoms. The van der Waals surface area contributed by atoms with Gasteiger partial charge in [0.2, 0.25) is 0 Å². The molecule has 0 saturated carbocycles. The second kappa shape index (κ2) is 6.72. The molecular weight excluding hydrogens is 240 g/mol. The molecule has 100 valence electrons. The van der Waals surface area contributed by atoms with Gasteiger partial charge in [-0.25, -0.2) is 0 Å². The van der Waals surface area contributed by atoms with Crippen LogP contribution in [0.1, 0.15) is 23.1 Å². The molecule has 0 fully saturated rings. The zero-order chi connectivity index (χ0) is 14.4. The van der Waals surface area contributed by atoms with Crippen molar-refractivity contribution < 1.29 is 0 Å². The first kappa shape index (κ1) is 14.1. The summed E-state index contributed by atoms with van der Waals surface area (Å²) >= 11 is 0. The summed E-state index contributed by atoms with van der Waals surface area (Å²) in [6, 6.07) is 18.9. The summed E-state index contributed by atoms with van der Waals surface area (Å²) in [7, 11) is 0. The molecule has 0 radical (unpaired) electrons. The van der Waals surface area contributed by atoms with Crippen molar-refractivity contribution in [2.75, 3.05) is 0 Å². The van der Waals surface area contributed by atoms with Gasteiger partial charge in [-0.05, 0) is 41.2 Å². The van der Waals surface area contributed by atoms with Crippen LogP contribution in [-0.4, -0.2) is 0 Å². The Balaban J connectivity index is 2.66. The van der Waals surface area contributed by atoms with Crippen molar-refractivity contribution in [1.29, 1.82) is 0 Å². The Kier molecular flexibility index (Phi) is 4.73. The van der Waals surface area contributed by atoms with Crippen molar-refractivity contribution in [2.45, 2.75) is 13.3 Å². The Morgan fingerprint density at radius 2 is 1.60 bits per heavy atom. The van der Waals surface area contributed by atoms with E-state index in [1.54, 1.807) is 0 Å². The molecule has 0 aromatic heterocycles. The molecule has 0 N–H and O–H groups in total. The number of rotatable bonds is 5. The van der Waals surface area contributed by atoms with Gasteiger partial charge in [0, 0.05) is 0 Å².